The maximum Gasteiger partial charge on any atom is 0.251 e. The average Bonchev–Trinajstić information content (AvgIpc) is 2.47. The minimum atomic E-state index is -1.03. The highest BCUT2D eigenvalue weighted by atomic mass is 32.2. The number of hydrogen-bond donors (Lipinski definition) is 1. The summed E-state index contributed by atoms with van der Waals surface area (Å²) in [7, 11) is -1.03. The molecular weight excluding hydrogens is 282 g/mol. The third-order valence-electron chi connectivity index (χ3n) is 3.45. The molecule has 0 aliphatic rings. The van der Waals surface area contributed by atoms with Gasteiger partial charge in [-0.05, 0) is 49.2 Å². The van der Waals surface area contributed by atoms with Gasteiger partial charge in [-0.25, -0.2) is 0 Å². The lowest BCUT2D eigenvalue weighted by Gasteiger charge is -2.16. The predicted octanol–water partition coefficient (Wildman–Crippen LogP) is 3.22. The SMILES string of the molecule is Cc1ccccc1C(C)NC(=O)c1ccc(S(C)=O)cc1. The fourth-order valence-corrected chi connectivity index (χ4v) is 2.75. The second-order valence-electron chi connectivity index (χ2n) is 5.03. The first-order valence-electron chi connectivity index (χ1n) is 6.79. The van der Waals surface area contributed by atoms with Crippen LogP contribution in [0.1, 0.15) is 34.5 Å². The van der Waals surface area contributed by atoms with Crippen molar-refractivity contribution in [1.29, 1.82) is 0 Å². The van der Waals surface area contributed by atoms with Gasteiger partial charge in [-0.3, -0.25) is 9.00 Å². The van der Waals surface area contributed by atoms with Crippen molar-refractivity contribution in [2.45, 2.75) is 24.8 Å². The van der Waals surface area contributed by atoms with Crippen LogP contribution in [0.3, 0.4) is 0 Å². The number of aryl methyl sites for hydroxylation is 1. The molecule has 1 amide bonds. The number of hydrogen-bond acceptors (Lipinski definition) is 2. The lowest BCUT2D eigenvalue weighted by Crippen LogP contribution is -2.27. The number of rotatable bonds is 4. The fraction of sp³-hybridized carbons (Fsp3) is 0.235. The van der Waals surface area contributed by atoms with Crippen molar-refractivity contribution in [3.05, 3.63) is 65.2 Å². The molecule has 2 rings (SSSR count). The molecule has 4 heteroatoms. The van der Waals surface area contributed by atoms with Gasteiger partial charge in [0.25, 0.3) is 5.91 Å². The van der Waals surface area contributed by atoms with Gasteiger partial charge in [-0.1, -0.05) is 24.3 Å². The first-order chi connectivity index (χ1) is 9.99. The molecule has 0 aromatic heterocycles. The van der Waals surface area contributed by atoms with Gasteiger partial charge in [-0.15, -0.1) is 0 Å². The second kappa shape index (κ2) is 6.68. The highest BCUT2D eigenvalue weighted by molar-refractivity contribution is 7.84. The molecule has 0 aliphatic heterocycles. The molecule has 21 heavy (non-hydrogen) atoms. The second-order valence-corrected chi connectivity index (χ2v) is 6.41. The molecule has 110 valence electrons. The number of carbonyl (C=O) groups is 1. The summed E-state index contributed by atoms with van der Waals surface area (Å²) in [5.41, 5.74) is 2.84. The first kappa shape index (κ1) is 15.4. The Morgan fingerprint density at radius 3 is 2.29 bits per heavy atom. The van der Waals surface area contributed by atoms with E-state index in [0.29, 0.717) is 5.56 Å². The van der Waals surface area contributed by atoms with E-state index < -0.39 is 10.8 Å². The van der Waals surface area contributed by atoms with Crippen LogP contribution < -0.4 is 5.32 Å². The Morgan fingerprint density at radius 1 is 1.10 bits per heavy atom. The molecule has 0 spiro atoms. The van der Waals surface area contributed by atoms with Crippen LogP contribution in [0, 0.1) is 6.92 Å². The predicted molar refractivity (Wildman–Crippen MR) is 85.8 cm³/mol. The Kier molecular flexibility index (Phi) is 4.91. The van der Waals surface area contributed by atoms with E-state index in [0.717, 1.165) is 16.0 Å². The van der Waals surface area contributed by atoms with E-state index in [1.165, 1.54) is 0 Å². The van der Waals surface area contributed by atoms with E-state index in [4.69, 9.17) is 0 Å². The monoisotopic (exact) mass is 301 g/mol. The highest BCUT2D eigenvalue weighted by Crippen LogP contribution is 2.17. The molecule has 0 heterocycles. The Balaban J connectivity index is 2.11. The maximum absolute atomic E-state index is 12.2. The smallest absolute Gasteiger partial charge is 0.251 e. The Hall–Kier alpha value is -1.94. The van der Waals surface area contributed by atoms with Crippen LogP contribution >= 0.6 is 0 Å². The zero-order chi connectivity index (χ0) is 15.4. The van der Waals surface area contributed by atoms with Crippen molar-refractivity contribution >= 4 is 16.7 Å². The van der Waals surface area contributed by atoms with Gasteiger partial charge in [0.05, 0.1) is 6.04 Å². The normalized spacial score (nSPS) is 13.5. The molecule has 2 atom stereocenters. The van der Waals surface area contributed by atoms with E-state index in [1.807, 2.05) is 38.1 Å². The summed E-state index contributed by atoms with van der Waals surface area (Å²) in [5.74, 6) is -0.126. The van der Waals surface area contributed by atoms with Crippen LogP contribution in [0.5, 0.6) is 0 Å². The van der Waals surface area contributed by atoms with Crippen molar-refractivity contribution in [3.63, 3.8) is 0 Å². The van der Waals surface area contributed by atoms with Crippen molar-refractivity contribution in [2.24, 2.45) is 0 Å². The van der Waals surface area contributed by atoms with E-state index in [1.54, 1.807) is 30.5 Å². The third kappa shape index (κ3) is 3.79. The summed E-state index contributed by atoms with van der Waals surface area (Å²) in [4.78, 5) is 13.0. The summed E-state index contributed by atoms with van der Waals surface area (Å²) >= 11 is 0. The summed E-state index contributed by atoms with van der Waals surface area (Å²) in [6.45, 7) is 4.00. The quantitative estimate of drug-likeness (QED) is 0.942. The van der Waals surface area contributed by atoms with E-state index in [-0.39, 0.29) is 11.9 Å². The Labute approximate surface area is 127 Å². The molecule has 0 radical (unpaired) electrons. The van der Waals surface area contributed by atoms with Crippen molar-refractivity contribution in [1.82, 2.24) is 5.32 Å². The maximum atomic E-state index is 12.2. The summed E-state index contributed by atoms with van der Waals surface area (Å²) in [6, 6.07) is 14.8. The van der Waals surface area contributed by atoms with Crippen molar-refractivity contribution in [2.75, 3.05) is 6.26 Å². The minimum Gasteiger partial charge on any atom is -0.346 e. The van der Waals surface area contributed by atoms with Crippen molar-refractivity contribution in [3.8, 4) is 0 Å². The van der Waals surface area contributed by atoms with E-state index in [2.05, 4.69) is 5.32 Å². The zero-order valence-electron chi connectivity index (χ0n) is 12.4. The molecule has 2 aromatic rings. The first-order valence-corrected chi connectivity index (χ1v) is 8.34. The van der Waals surface area contributed by atoms with Gasteiger partial charge in [0.15, 0.2) is 0 Å². The molecule has 0 saturated carbocycles. The summed E-state index contributed by atoms with van der Waals surface area (Å²) < 4.78 is 11.3. The van der Waals surface area contributed by atoms with Gasteiger partial charge < -0.3 is 5.32 Å². The number of benzene rings is 2. The van der Waals surface area contributed by atoms with Gasteiger partial charge in [0.2, 0.25) is 0 Å². The largest absolute Gasteiger partial charge is 0.346 e. The number of amides is 1. The summed E-state index contributed by atoms with van der Waals surface area (Å²) in [5, 5.41) is 2.99. The van der Waals surface area contributed by atoms with Crippen LogP contribution in [0.4, 0.5) is 0 Å². The lowest BCUT2D eigenvalue weighted by atomic mass is 10.0. The number of carbonyl (C=O) groups excluding carboxylic acids is 1. The van der Waals surface area contributed by atoms with Gasteiger partial charge >= 0.3 is 0 Å². The summed E-state index contributed by atoms with van der Waals surface area (Å²) in [6.07, 6.45) is 1.62. The van der Waals surface area contributed by atoms with E-state index >= 15 is 0 Å². The molecule has 0 saturated heterocycles. The third-order valence-corrected chi connectivity index (χ3v) is 4.39. The van der Waals surface area contributed by atoms with Crippen LogP contribution in [0.2, 0.25) is 0 Å². The fourth-order valence-electron chi connectivity index (χ4n) is 2.23. The molecule has 3 nitrogen and oxygen atoms in total. The highest BCUT2D eigenvalue weighted by Gasteiger charge is 2.13. The number of nitrogens with one attached hydrogen (secondary N) is 1. The molecule has 0 bridgehead atoms. The van der Waals surface area contributed by atoms with Crippen LogP contribution in [-0.2, 0) is 10.8 Å². The van der Waals surface area contributed by atoms with Crippen molar-refractivity contribution < 1.29 is 9.00 Å². The molecule has 1 N–H and O–H groups in total. The Bertz CT molecular complexity index is 665. The Morgan fingerprint density at radius 2 is 1.71 bits per heavy atom. The molecule has 2 unspecified atom stereocenters. The minimum absolute atomic E-state index is 0.0568. The molecule has 0 fully saturated rings. The van der Waals surface area contributed by atoms with Gasteiger partial charge in [0.1, 0.15) is 0 Å². The topological polar surface area (TPSA) is 46.2 Å². The lowest BCUT2D eigenvalue weighted by molar-refractivity contribution is 0.0939. The molecule has 0 aliphatic carbocycles. The average molecular weight is 301 g/mol. The zero-order valence-corrected chi connectivity index (χ0v) is 13.2. The standard InChI is InChI=1S/C17H19NO2S/c1-12-6-4-5-7-16(12)13(2)18-17(19)14-8-10-15(11-9-14)21(3)20/h4-11,13H,1-3H3,(H,18,19). The van der Waals surface area contributed by atoms with Gasteiger partial charge in [-0.2, -0.15) is 0 Å². The van der Waals surface area contributed by atoms with Crippen LogP contribution in [-0.4, -0.2) is 16.4 Å². The van der Waals surface area contributed by atoms with Gasteiger partial charge in [0, 0.05) is 27.5 Å². The molecular formula is C17H19NO2S. The van der Waals surface area contributed by atoms with Crippen LogP contribution in [0.25, 0.3) is 0 Å². The molecule has 2 aromatic carbocycles. The van der Waals surface area contributed by atoms with Crippen LogP contribution in [0.15, 0.2) is 53.4 Å². The van der Waals surface area contributed by atoms with E-state index in [9.17, 15) is 9.00 Å².